The Morgan fingerprint density at radius 2 is 1.71 bits per heavy atom. The van der Waals surface area contributed by atoms with Crippen LogP contribution in [0.25, 0.3) is 38.8 Å². The second-order valence-electron chi connectivity index (χ2n) is 9.14. The second-order valence-corrected chi connectivity index (χ2v) is 9.14. The van der Waals surface area contributed by atoms with Crippen molar-refractivity contribution in [3.8, 4) is 16.9 Å². The van der Waals surface area contributed by atoms with Gasteiger partial charge in [0.05, 0.1) is 22.9 Å². The van der Waals surface area contributed by atoms with E-state index in [1.54, 1.807) is 6.92 Å². The fraction of sp³-hybridized carbons (Fsp3) is 0.259. The van der Waals surface area contributed by atoms with Crippen LogP contribution in [0.2, 0.25) is 0 Å². The third-order valence-electron chi connectivity index (χ3n) is 6.85. The van der Waals surface area contributed by atoms with E-state index in [9.17, 15) is 4.79 Å². The minimum atomic E-state index is 0.131. The van der Waals surface area contributed by atoms with Crippen molar-refractivity contribution < 1.29 is 4.79 Å². The standard InChI is InChI=1S/C27H27N7O/c1-18-6-4-8-22-26(21-7-5-9-24-23(21)17-31(3)29-24)30-34(27(18)22)20-10-11-25(28-16-20)33-14-12-32(13-15-33)19(2)35/h4-11,16-17H,12-15H2,1-3H3. The molecule has 0 radical (unpaired) electrons. The molecule has 4 heterocycles. The zero-order valence-corrected chi connectivity index (χ0v) is 20.1. The Hall–Kier alpha value is -4.20. The number of carbonyl (C=O) groups excluding carboxylic acids is 1. The molecule has 0 atom stereocenters. The SMILES string of the molecule is CC(=O)N1CCN(c2ccc(-n3nc(-c4cccc5nn(C)cc45)c4cccc(C)c43)cn2)CC1. The number of piperazine rings is 1. The lowest BCUT2D eigenvalue weighted by atomic mass is 10.0. The lowest BCUT2D eigenvalue weighted by Gasteiger charge is -2.34. The number of anilines is 1. The van der Waals surface area contributed by atoms with E-state index in [1.807, 2.05) is 51.9 Å². The minimum absolute atomic E-state index is 0.131. The molecule has 0 unspecified atom stereocenters. The van der Waals surface area contributed by atoms with Gasteiger partial charge >= 0.3 is 0 Å². The number of para-hydroxylation sites is 1. The van der Waals surface area contributed by atoms with Crippen LogP contribution >= 0.6 is 0 Å². The van der Waals surface area contributed by atoms with Gasteiger partial charge in [-0.25, -0.2) is 9.67 Å². The van der Waals surface area contributed by atoms with E-state index < -0.39 is 0 Å². The van der Waals surface area contributed by atoms with Crippen LogP contribution in [-0.4, -0.2) is 61.5 Å². The monoisotopic (exact) mass is 465 g/mol. The van der Waals surface area contributed by atoms with Gasteiger partial charge in [-0.2, -0.15) is 10.2 Å². The van der Waals surface area contributed by atoms with Crippen LogP contribution in [-0.2, 0) is 11.8 Å². The zero-order valence-electron chi connectivity index (χ0n) is 20.1. The first-order valence-electron chi connectivity index (χ1n) is 11.9. The summed E-state index contributed by atoms with van der Waals surface area (Å²) in [5.74, 6) is 1.05. The normalized spacial score (nSPS) is 14.3. The molecule has 35 heavy (non-hydrogen) atoms. The van der Waals surface area contributed by atoms with Crippen LogP contribution in [0, 0.1) is 6.92 Å². The quantitative estimate of drug-likeness (QED) is 0.403. The third kappa shape index (κ3) is 3.62. The summed E-state index contributed by atoms with van der Waals surface area (Å²) >= 11 is 0. The molecule has 1 aliphatic heterocycles. The number of benzene rings is 2. The molecule has 1 saturated heterocycles. The van der Waals surface area contributed by atoms with Gasteiger partial charge < -0.3 is 9.80 Å². The summed E-state index contributed by atoms with van der Waals surface area (Å²) < 4.78 is 3.84. The fourth-order valence-corrected chi connectivity index (χ4v) is 5.03. The van der Waals surface area contributed by atoms with Crippen molar-refractivity contribution >= 4 is 33.5 Å². The number of hydrogen-bond donors (Lipinski definition) is 0. The maximum absolute atomic E-state index is 11.6. The summed E-state index contributed by atoms with van der Waals surface area (Å²) in [6.07, 6.45) is 3.94. The molecule has 1 aliphatic rings. The van der Waals surface area contributed by atoms with Crippen molar-refractivity contribution in [2.45, 2.75) is 13.8 Å². The Bertz CT molecular complexity index is 1560. The highest BCUT2D eigenvalue weighted by molar-refractivity contribution is 6.03. The van der Waals surface area contributed by atoms with E-state index in [-0.39, 0.29) is 5.91 Å². The van der Waals surface area contributed by atoms with Gasteiger partial charge in [-0.05, 0) is 30.7 Å². The predicted molar refractivity (Wildman–Crippen MR) is 138 cm³/mol. The van der Waals surface area contributed by atoms with Crippen LogP contribution in [0.4, 0.5) is 5.82 Å². The summed E-state index contributed by atoms with van der Waals surface area (Å²) in [7, 11) is 1.94. The van der Waals surface area contributed by atoms with Crippen LogP contribution in [0.1, 0.15) is 12.5 Å². The third-order valence-corrected chi connectivity index (χ3v) is 6.85. The Balaban J connectivity index is 1.41. The van der Waals surface area contributed by atoms with Gasteiger partial charge in [0.2, 0.25) is 5.91 Å². The number of nitrogens with zero attached hydrogens (tertiary/aromatic N) is 7. The first kappa shape index (κ1) is 21.3. The van der Waals surface area contributed by atoms with Crippen molar-refractivity contribution in [3.63, 3.8) is 0 Å². The lowest BCUT2D eigenvalue weighted by Crippen LogP contribution is -2.48. The molecular weight excluding hydrogens is 438 g/mol. The van der Waals surface area contributed by atoms with Crippen LogP contribution in [0.3, 0.4) is 0 Å². The average molecular weight is 466 g/mol. The molecule has 8 heteroatoms. The minimum Gasteiger partial charge on any atom is -0.353 e. The number of aryl methyl sites for hydroxylation is 2. The molecule has 5 aromatic rings. The Kier molecular flexibility index (Phi) is 5.02. The number of pyridine rings is 1. The van der Waals surface area contributed by atoms with E-state index in [0.717, 1.165) is 76.3 Å². The van der Waals surface area contributed by atoms with Crippen molar-refractivity contribution in [2.24, 2.45) is 7.05 Å². The molecule has 8 nitrogen and oxygen atoms in total. The number of rotatable bonds is 3. The molecule has 0 bridgehead atoms. The number of amides is 1. The van der Waals surface area contributed by atoms with Gasteiger partial charge in [0.1, 0.15) is 11.5 Å². The first-order chi connectivity index (χ1) is 17.0. The maximum atomic E-state index is 11.6. The highest BCUT2D eigenvalue weighted by Gasteiger charge is 2.21. The molecule has 0 spiro atoms. The van der Waals surface area contributed by atoms with E-state index in [4.69, 9.17) is 10.1 Å². The van der Waals surface area contributed by atoms with Crippen molar-refractivity contribution in [1.82, 2.24) is 29.4 Å². The molecule has 1 fully saturated rings. The summed E-state index contributed by atoms with van der Waals surface area (Å²) in [6.45, 7) is 6.77. The molecule has 2 aromatic carbocycles. The summed E-state index contributed by atoms with van der Waals surface area (Å²) in [6, 6.07) is 16.6. The van der Waals surface area contributed by atoms with E-state index >= 15 is 0 Å². The molecule has 176 valence electrons. The van der Waals surface area contributed by atoms with E-state index in [0.29, 0.717) is 0 Å². The summed E-state index contributed by atoms with van der Waals surface area (Å²) in [5.41, 5.74) is 6.11. The molecule has 1 amide bonds. The van der Waals surface area contributed by atoms with Crippen LogP contribution in [0.15, 0.2) is 60.9 Å². The van der Waals surface area contributed by atoms with Crippen molar-refractivity contribution in [1.29, 1.82) is 0 Å². The number of hydrogen-bond acceptors (Lipinski definition) is 5. The Morgan fingerprint density at radius 1 is 0.914 bits per heavy atom. The zero-order chi connectivity index (χ0) is 24.1. The molecule has 0 aliphatic carbocycles. The van der Waals surface area contributed by atoms with Gasteiger partial charge in [-0.1, -0.05) is 30.3 Å². The first-order valence-corrected chi connectivity index (χ1v) is 11.9. The number of carbonyl (C=O) groups is 1. The fourth-order valence-electron chi connectivity index (χ4n) is 5.03. The maximum Gasteiger partial charge on any atom is 0.219 e. The van der Waals surface area contributed by atoms with Crippen LogP contribution < -0.4 is 4.90 Å². The Morgan fingerprint density at radius 3 is 2.46 bits per heavy atom. The van der Waals surface area contributed by atoms with Crippen molar-refractivity contribution in [3.05, 3.63) is 66.5 Å². The highest BCUT2D eigenvalue weighted by atomic mass is 16.2. The smallest absolute Gasteiger partial charge is 0.219 e. The largest absolute Gasteiger partial charge is 0.353 e. The van der Waals surface area contributed by atoms with Gasteiger partial charge in [0, 0.05) is 62.7 Å². The number of fused-ring (bicyclic) bond motifs is 2. The molecule has 0 N–H and O–H groups in total. The van der Waals surface area contributed by atoms with Gasteiger partial charge in [-0.3, -0.25) is 9.48 Å². The summed E-state index contributed by atoms with van der Waals surface area (Å²) in [5, 5.41) is 11.9. The molecule has 0 saturated carbocycles. The molecule has 3 aromatic heterocycles. The van der Waals surface area contributed by atoms with Crippen LogP contribution in [0.5, 0.6) is 0 Å². The van der Waals surface area contributed by atoms with Gasteiger partial charge in [-0.15, -0.1) is 0 Å². The average Bonchev–Trinajstić information content (AvgIpc) is 3.45. The van der Waals surface area contributed by atoms with E-state index in [2.05, 4.69) is 47.3 Å². The molecule has 6 rings (SSSR count). The topological polar surface area (TPSA) is 72.1 Å². The molecular formula is C27H27N7O. The lowest BCUT2D eigenvalue weighted by molar-refractivity contribution is -0.129. The van der Waals surface area contributed by atoms with E-state index in [1.165, 1.54) is 0 Å². The van der Waals surface area contributed by atoms with Crippen molar-refractivity contribution in [2.75, 3.05) is 31.1 Å². The Labute approximate surface area is 203 Å². The second kappa shape index (κ2) is 8.23. The highest BCUT2D eigenvalue weighted by Crippen LogP contribution is 2.35. The predicted octanol–water partition coefficient (Wildman–Crippen LogP) is 3.95. The van der Waals surface area contributed by atoms with Gasteiger partial charge in [0.15, 0.2) is 0 Å². The number of aromatic nitrogens is 5. The summed E-state index contributed by atoms with van der Waals surface area (Å²) in [4.78, 5) is 20.5. The van der Waals surface area contributed by atoms with Gasteiger partial charge in [0.25, 0.3) is 0 Å².